The molecule has 0 spiro atoms. The first-order chi connectivity index (χ1) is 9.74. The molecule has 3 N–H and O–H groups in total. The zero-order chi connectivity index (χ0) is 13.9. The maximum atomic E-state index is 12.2. The standard InChI is InChI=1S/C17H20N2O/c18-16-11-14-6-2-1-5-13(14)10-15(16)17(20)19-9-3-4-12-7-8-12/h1-2,5-6,10-12H,3-4,7-9,18H2,(H,19,20). The van der Waals surface area contributed by atoms with Crippen LogP contribution in [0.25, 0.3) is 10.8 Å². The number of carbonyl (C=O) groups excluding carboxylic acids is 1. The number of benzene rings is 2. The molecular weight excluding hydrogens is 248 g/mol. The van der Waals surface area contributed by atoms with E-state index in [4.69, 9.17) is 5.73 Å². The van der Waals surface area contributed by atoms with E-state index in [-0.39, 0.29) is 5.91 Å². The number of hydrogen-bond acceptors (Lipinski definition) is 2. The van der Waals surface area contributed by atoms with E-state index < -0.39 is 0 Å². The molecule has 1 saturated carbocycles. The molecule has 0 heterocycles. The Hall–Kier alpha value is -2.03. The van der Waals surface area contributed by atoms with Crippen molar-refractivity contribution in [2.75, 3.05) is 12.3 Å². The molecule has 2 aromatic carbocycles. The smallest absolute Gasteiger partial charge is 0.253 e. The number of carbonyl (C=O) groups is 1. The zero-order valence-electron chi connectivity index (χ0n) is 11.6. The van der Waals surface area contributed by atoms with Gasteiger partial charge in [-0.05, 0) is 41.7 Å². The summed E-state index contributed by atoms with van der Waals surface area (Å²) in [6, 6.07) is 11.7. The Balaban J connectivity index is 1.67. The summed E-state index contributed by atoms with van der Waals surface area (Å²) in [6.07, 6.45) is 5.02. The monoisotopic (exact) mass is 268 g/mol. The topological polar surface area (TPSA) is 55.1 Å². The highest BCUT2D eigenvalue weighted by Gasteiger charge is 2.20. The van der Waals surface area contributed by atoms with Crippen LogP contribution in [0, 0.1) is 5.92 Å². The second kappa shape index (κ2) is 5.53. The van der Waals surface area contributed by atoms with E-state index in [2.05, 4.69) is 5.32 Å². The van der Waals surface area contributed by atoms with Crippen molar-refractivity contribution in [1.29, 1.82) is 0 Å². The molecule has 0 atom stereocenters. The molecule has 1 aliphatic carbocycles. The predicted molar refractivity (Wildman–Crippen MR) is 82.7 cm³/mol. The highest BCUT2D eigenvalue weighted by atomic mass is 16.1. The fraction of sp³-hybridized carbons (Fsp3) is 0.353. The Morgan fingerprint density at radius 3 is 2.60 bits per heavy atom. The van der Waals surface area contributed by atoms with Gasteiger partial charge in [0.15, 0.2) is 0 Å². The molecule has 0 radical (unpaired) electrons. The molecule has 1 fully saturated rings. The third-order valence-corrected chi connectivity index (χ3v) is 3.93. The van der Waals surface area contributed by atoms with E-state index in [9.17, 15) is 4.79 Å². The van der Waals surface area contributed by atoms with E-state index in [0.717, 1.165) is 29.7 Å². The molecule has 0 bridgehead atoms. The number of nitrogens with one attached hydrogen (secondary N) is 1. The molecule has 1 aliphatic rings. The first-order valence-electron chi connectivity index (χ1n) is 7.30. The van der Waals surface area contributed by atoms with E-state index in [1.54, 1.807) is 0 Å². The lowest BCUT2D eigenvalue weighted by Gasteiger charge is -2.09. The number of nitrogen functional groups attached to an aromatic ring is 1. The first kappa shape index (κ1) is 13.0. The minimum absolute atomic E-state index is 0.0657. The first-order valence-corrected chi connectivity index (χ1v) is 7.30. The van der Waals surface area contributed by atoms with Crippen molar-refractivity contribution in [2.24, 2.45) is 5.92 Å². The van der Waals surface area contributed by atoms with Crippen LogP contribution in [-0.4, -0.2) is 12.5 Å². The molecule has 104 valence electrons. The van der Waals surface area contributed by atoms with Crippen LogP contribution < -0.4 is 11.1 Å². The molecule has 20 heavy (non-hydrogen) atoms. The van der Waals surface area contributed by atoms with Gasteiger partial charge in [-0.2, -0.15) is 0 Å². The summed E-state index contributed by atoms with van der Waals surface area (Å²) in [5, 5.41) is 5.08. The van der Waals surface area contributed by atoms with Crippen LogP contribution in [0.5, 0.6) is 0 Å². The van der Waals surface area contributed by atoms with E-state index >= 15 is 0 Å². The van der Waals surface area contributed by atoms with Gasteiger partial charge in [0.2, 0.25) is 0 Å². The fourth-order valence-electron chi connectivity index (χ4n) is 2.55. The summed E-state index contributed by atoms with van der Waals surface area (Å²) in [5.41, 5.74) is 7.11. The maximum Gasteiger partial charge on any atom is 0.253 e. The molecule has 0 saturated heterocycles. The van der Waals surface area contributed by atoms with Crippen molar-refractivity contribution >= 4 is 22.4 Å². The Bertz CT molecular complexity index is 632. The molecule has 0 unspecified atom stereocenters. The predicted octanol–water partition coefficient (Wildman–Crippen LogP) is 3.34. The van der Waals surface area contributed by atoms with Crippen LogP contribution in [0.4, 0.5) is 5.69 Å². The minimum Gasteiger partial charge on any atom is -0.398 e. The van der Waals surface area contributed by atoms with Crippen molar-refractivity contribution in [3.63, 3.8) is 0 Å². The number of anilines is 1. The number of rotatable bonds is 5. The van der Waals surface area contributed by atoms with Gasteiger partial charge < -0.3 is 11.1 Å². The van der Waals surface area contributed by atoms with Gasteiger partial charge >= 0.3 is 0 Å². The summed E-state index contributed by atoms with van der Waals surface area (Å²) >= 11 is 0. The van der Waals surface area contributed by atoms with Gasteiger partial charge in [-0.1, -0.05) is 37.1 Å². The normalized spacial score (nSPS) is 14.4. The fourth-order valence-corrected chi connectivity index (χ4v) is 2.55. The maximum absolute atomic E-state index is 12.2. The zero-order valence-corrected chi connectivity index (χ0v) is 11.6. The number of amides is 1. The Morgan fingerprint density at radius 2 is 1.90 bits per heavy atom. The van der Waals surface area contributed by atoms with Gasteiger partial charge in [0.05, 0.1) is 5.56 Å². The quantitative estimate of drug-likeness (QED) is 0.645. The highest BCUT2D eigenvalue weighted by molar-refractivity contribution is 6.03. The van der Waals surface area contributed by atoms with Crippen LogP contribution in [-0.2, 0) is 0 Å². The average molecular weight is 268 g/mol. The lowest BCUT2D eigenvalue weighted by Crippen LogP contribution is -2.25. The van der Waals surface area contributed by atoms with Gasteiger partial charge in [-0.25, -0.2) is 0 Å². The SMILES string of the molecule is Nc1cc2ccccc2cc1C(=O)NCCCC1CC1. The van der Waals surface area contributed by atoms with Crippen LogP contribution in [0.1, 0.15) is 36.0 Å². The van der Waals surface area contributed by atoms with Crippen molar-refractivity contribution in [1.82, 2.24) is 5.32 Å². The Kier molecular flexibility index (Phi) is 3.59. The van der Waals surface area contributed by atoms with Crippen LogP contribution in [0.2, 0.25) is 0 Å². The van der Waals surface area contributed by atoms with Gasteiger partial charge in [-0.3, -0.25) is 4.79 Å². The lowest BCUT2D eigenvalue weighted by atomic mass is 10.0. The van der Waals surface area contributed by atoms with E-state index in [1.807, 2.05) is 36.4 Å². The molecule has 2 aromatic rings. The van der Waals surface area contributed by atoms with Crippen LogP contribution in [0.15, 0.2) is 36.4 Å². The van der Waals surface area contributed by atoms with E-state index in [1.165, 1.54) is 19.3 Å². The highest BCUT2D eigenvalue weighted by Crippen LogP contribution is 2.33. The van der Waals surface area contributed by atoms with Crippen molar-refractivity contribution < 1.29 is 4.79 Å². The van der Waals surface area contributed by atoms with Crippen molar-refractivity contribution in [3.05, 3.63) is 42.0 Å². The van der Waals surface area contributed by atoms with Crippen molar-refractivity contribution in [2.45, 2.75) is 25.7 Å². The summed E-state index contributed by atoms with van der Waals surface area (Å²) in [7, 11) is 0. The third kappa shape index (κ3) is 2.93. The largest absolute Gasteiger partial charge is 0.398 e. The summed E-state index contributed by atoms with van der Waals surface area (Å²) in [5.74, 6) is 0.849. The number of hydrogen-bond donors (Lipinski definition) is 2. The lowest BCUT2D eigenvalue weighted by molar-refractivity contribution is 0.0954. The molecule has 3 heteroatoms. The molecule has 1 amide bonds. The van der Waals surface area contributed by atoms with E-state index in [0.29, 0.717) is 11.3 Å². The Morgan fingerprint density at radius 1 is 1.20 bits per heavy atom. The summed E-state index contributed by atoms with van der Waals surface area (Å²) < 4.78 is 0. The number of fused-ring (bicyclic) bond motifs is 1. The second-order valence-electron chi connectivity index (χ2n) is 5.63. The minimum atomic E-state index is -0.0657. The second-order valence-corrected chi connectivity index (χ2v) is 5.63. The molecule has 0 aromatic heterocycles. The Labute approximate surface area is 119 Å². The molecular formula is C17H20N2O. The summed E-state index contributed by atoms with van der Waals surface area (Å²) in [6.45, 7) is 0.738. The van der Waals surface area contributed by atoms with Gasteiger partial charge in [-0.15, -0.1) is 0 Å². The van der Waals surface area contributed by atoms with Crippen LogP contribution in [0.3, 0.4) is 0 Å². The average Bonchev–Trinajstić information content (AvgIpc) is 3.27. The van der Waals surface area contributed by atoms with Gasteiger partial charge in [0, 0.05) is 12.2 Å². The summed E-state index contributed by atoms with van der Waals surface area (Å²) in [4.78, 5) is 12.2. The van der Waals surface area contributed by atoms with Gasteiger partial charge in [0.1, 0.15) is 0 Å². The van der Waals surface area contributed by atoms with Crippen LogP contribution >= 0.6 is 0 Å². The number of nitrogens with two attached hydrogens (primary N) is 1. The van der Waals surface area contributed by atoms with Gasteiger partial charge in [0.25, 0.3) is 5.91 Å². The molecule has 3 rings (SSSR count). The van der Waals surface area contributed by atoms with Crippen molar-refractivity contribution in [3.8, 4) is 0 Å². The molecule has 3 nitrogen and oxygen atoms in total. The molecule has 0 aliphatic heterocycles. The third-order valence-electron chi connectivity index (χ3n) is 3.93.